The van der Waals surface area contributed by atoms with Gasteiger partial charge in [0.15, 0.2) is 17.4 Å². The molecule has 19 heavy (non-hydrogen) atoms. The van der Waals surface area contributed by atoms with E-state index < -0.39 is 11.6 Å². The van der Waals surface area contributed by atoms with E-state index in [4.69, 9.17) is 4.74 Å². The minimum atomic E-state index is -0.622. The van der Waals surface area contributed by atoms with Gasteiger partial charge in [0.05, 0.1) is 12.8 Å². The number of halogens is 3. The zero-order valence-electron chi connectivity index (χ0n) is 10.3. The molecule has 0 radical (unpaired) electrons. The van der Waals surface area contributed by atoms with E-state index in [9.17, 15) is 8.78 Å². The molecule has 1 aromatic heterocycles. The Morgan fingerprint density at radius 1 is 1.21 bits per heavy atom. The van der Waals surface area contributed by atoms with Crippen molar-refractivity contribution < 1.29 is 13.5 Å². The molecule has 0 bridgehead atoms. The lowest BCUT2D eigenvalue weighted by atomic mass is 10.2. The second kappa shape index (κ2) is 5.52. The lowest BCUT2D eigenvalue weighted by molar-refractivity contribution is 0.383. The van der Waals surface area contributed by atoms with Crippen LogP contribution in [-0.4, -0.2) is 19.1 Å². The van der Waals surface area contributed by atoms with Crippen LogP contribution in [0.3, 0.4) is 0 Å². The van der Waals surface area contributed by atoms with Gasteiger partial charge in [0, 0.05) is 29.8 Å². The monoisotopic (exact) mass is 328 g/mol. The van der Waals surface area contributed by atoms with Crippen molar-refractivity contribution in [1.29, 1.82) is 0 Å². The van der Waals surface area contributed by atoms with E-state index in [0.29, 0.717) is 5.82 Å². The molecule has 2 aromatic rings. The van der Waals surface area contributed by atoms with Crippen molar-refractivity contribution >= 4 is 27.4 Å². The first-order valence-corrected chi connectivity index (χ1v) is 6.20. The molecule has 6 heteroatoms. The Kier molecular flexibility index (Phi) is 3.99. The van der Waals surface area contributed by atoms with Crippen molar-refractivity contribution in [3.05, 3.63) is 46.6 Å². The molecule has 1 aromatic carbocycles. The van der Waals surface area contributed by atoms with Crippen molar-refractivity contribution in [3.63, 3.8) is 0 Å². The van der Waals surface area contributed by atoms with Gasteiger partial charge in [-0.1, -0.05) is 0 Å². The highest BCUT2D eigenvalue weighted by Crippen LogP contribution is 2.30. The van der Waals surface area contributed by atoms with Crippen molar-refractivity contribution in [3.8, 4) is 5.75 Å². The highest BCUT2D eigenvalue weighted by atomic mass is 79.9. The Morgan fingerprint density at radius 3 is 2.53 bits per heavy atom. The molecular weight excluding hydrogens is 318 g/mol. The van der Waals surface area contributed by atoms with Crippen LogP contribution in [0.5, 0.6) is 5.75 Å². The lowest BCUT2D eigenvalue weighted by Crippen LogP contribution is -2.13. The fourth-order valence-corrected chi connectivity index (χ4v) is 1.86. The SMILES string of the molecule is COc1cc(F)c(N(C)c2ccc(Br)cn2)cc1F. The second-order valence-electron chi connectivity index (χ2n) is 3.83. The molecule has 0 saturated carbocycles. The molecule has 0 amide bonds. The molecule has 0 aliphatic heterocycles. The smallest absolute Gasteiger partial charge is 0.167 e. The molecule has 0 saturated heterocycles. The molecule has 2 rings (SSSR count). The molecular formula is C13H11BrF2N2O. The number of aromatic nitrogens is 1. The molecule has 0 aliphatic rings. The van der Waals surface area contributed by atoms with E-state index in [-0.39, 0.29) is 11.4 Å². The maximum atomic E-state index is 13.9. The largest absolute Gasteiger partial charge is 0.494 e. The Hall–Kier alpha value is -1.69. The van der Waals surface area contributed by atoms with Gasteiger partial charge in [-0.15, -0.1) is 0 Å². The average molecular weight is 329 g/mol. The van der Waals surface area contributed by atoms with E-state index in [1.54, 1.807) is 25.4 Å². The molecule has 1 heterocycles. The van der Waals surface area contributed by atoms with Crippen LogP contribution in [0.4, 0.5) is 20.3 Å². The topological polar surface area (TPSA) is 25.4 Å². The van der Waals surface area contributed by atoms with Gasteiger partial charge in [-0.3, -0.25) is 0 Å². The van der Waals surface area contributed by atoms with Crippen LogP contribution in [-0.2, 0) is 0 Å². The van der Waals surface area contributed by atoms with Gasteiger partial charge in [-0.25, -0.2) is 13.8 Å². The van der Waals surface area contributed by atoms with E-state index in [1.165, 1.54) is 12.0 Å². The highest BCUT2D eigenvalue weighted by molar-refractivity contribution is 9.10. The predicted molar refractivity (Wildman–Crippen MR) is 72.9 cm³/mol. The number of pyridine rings is 1. The van der Waals surface area contributed by atoms with Crippen LogP contribution >= 0.6 is 15.9 Å². The molecule has 3 nitrogen and oxygen atoms in total. The quantitative estimate of drug-likeness (QED) is 0.854. The van der Waals surface area contributed by atoms with Gasteiger partial charge in [0.2, 0.25) is 0 Å². The zero-order chi connectivity index (χ0) is 14.0. The summed E-state index contributed by atoms with van der Waals surface area (Å²) in [6.07, 6.45) is 1.59. The summed E-state index contributed by atoms with van der Waals surface area (Å²) in [5, 5.41) is 0. The maximum absolute atomic E-state index is 13.9. The number of hydrogen-bond donors (Lipinski definition) is 0. The van der Waals surface area contributed by atoms with Crippen LogP contribution in [0.1, 0.15) is 0 Å². The Morgan fingerprint density at radius 2 is 1.95 bits per heavy atom. The van der Waals surface area contributed by atoms with Crippen LogP contribution in [0.2, 0.25) is 0 Å². The standard InChI is InChI=1S/C13H11BrF2N2O/c1-18(13-4-3-8(14)7-17-13)11-5-10(16)12(19-2)6-9(11)15/h3-7H,1-2H3. The number of benzene rings is 1. The van der Waals surface area contributed by atoms with E-state index >= 15 is 0 Å². The van der Waals surface area contributed by atoms with Crippen LogP contribution in [0.25, 0.3) is 0 Å². The third-order valence-corrected chi connectivity index (χ3v) is 3.11. The number of methoxy groups -OCH3 is 1. The zero-order valence-corrected chi connectivity index (χ0v) is 11.9. The van der Waals surface area contributed by atoms with Gasteiger partial charge in [0.1, 0.15) is 5.82 Å². The van der Waals surface area contributed by atoms with Crippen LogP contribution in [0, 0.1) is 11.6 Å². The molecule has 0 unspecified atom stereocenters. The van der Waals surface area contributed by atoms with Crippen molar-refractivity contribution in [2.24, 2.45) is 0 Å². The van der Waals surface area contributed by atoms with Gasteiger partial charge in [-0.2, -0.15) is 0 Å². The molecule has 0 N–H and O–H groups in total. The number of ether oxygens (including phenoxy) is 1. The molecule has 0 spiro atoms. The minimum absolute atomic E-state index is 0.0909. The number of hydrogen-bond acceptors (Lipinski definition) is 3. The Labute approximate surface area is 118 Å². The van der Waals surface area contributed by atoms with Crippen molar-refractivity contribution in [1.82, 2.24) is 4.98 Å². The fourth-order valence-electron chi connectivity index (χ4n) is 1.62. The normalized spacial score (nSPS) is 10.4. The average Bonchev–Trinajstić information content (AvgIpc) is 2.41. The minimum Gasteiger partial charge on any atom is -0.494 e. The number of anilines is 2. The van der Waals surface area contributed by atoms with Gasteiger partial charge in [-0.05, 0) is 28.1 Å². The number of nitrogens with zero attached hydrogens (tertiary/aromatic N) is 2. The molecule has 100 valence electrons. The van der Waals surface area contributed by atoms with Crippen molar-refractivity contribution in [2.45, 2.75) is 0 Å². The second-order valence-corrected chi connectivity index (χ2v) is 4.75. The third-order valence-electron chi connectivity index (χ3n) is 2.64. The summed E-state index contributed by atoms with van der Waals surface area (Å²) in [5.41, 5.74) is 0.0909. The predicted octanol–water partition coefficient (Wildman–Crippen LogP) is 3.90. The van der Waals surface area contributed by atoms with Gasteiger partial charge in [0.25, 0.3) is 0 Å². The maximum Gasteiger partial charge on any atom is 0.167 e. The summed E-state index contributed by atoms with van der Waals surface area (Å²) in [5.74, 6) is -0.821. The molecule has 0 fully saturated rings. The van der Waals surface area contributed by atoms with Gasteiger partial charge < -0.3 is 9.64 Å². The summed E-state index contributed by atoms with van der Waals surface area (Å²) in [7, 11) is 2.90. The summed E-state index contributed by atoms with van der Waals surface area (Å²) in [6.45, 7) is 0. The Bertz CT molecular complexity index is 590. The molecule has 0 aliphatic carbocycles. The number of rotatable bonds is 3. The van der Waals surface area contributed by atoms with Crippen molar-refractivity contribution in [2.75, 3.05) is 19.1 Å². The van der Waals surface area contributed by atoms with Gasteiger partial charge >= 0.3 is 0 Å². The summed E-state index contributed by atoms with van der Waals surface area (Å²) in [4.78, 5) is 5.59. The fraction of sp³-hybridized carbons (Fsp3) is 0.154. The van der Waals surface area contributed by atoms with E-state index in [1.807, 2.05) is 0 Å². The third kappa shape index (κ3) is 2.84. The first-order valence-electron chi connectivity index (χ1n) is 5.41. The lowest BCUT2D eigenvalue weighted by Gasteiger charge is -2.19. The summed E-state index contributed by atoms with van der Waals surface area (Å²) >= 11 is 3.26. The Balaban J connectivity index is 2.41. The first-order chi connectivity index (χ1) is 9.02. The van der Waals surface area contributed by atoms with E-state index in [0.717, 1.165) is 16.6 Å². The highest BCUT2D eigenvalue weighted by Gasteiger charge is 2.15. The summed E-state index contributed by atoms with van der Waals surface area (Å²) < 4.78 is 33.1. The first kappa shape index (κ1) is 13.7. The summed E-state index contributed by atoms with van der Waals surface area (Å²) in [6, 6.07) is 5.57. The van der Waals surface area contributed by atoms with Crippen LogP contribution < -0.4 is 9.64 Å². The molecule has 0 atom stereocenters. The van der Waals surface area contributed by atoms with Crippen LogP contribution in [0.15, 0.2) is 34.9 Å². The van der Waals surface area contributed by atoms with E-state index in [2.05, 4.69) is 20.9 Å².